The van der Waals surface area contributed by atoms with Crippen molar-refractivity contribution in [3.63, 3.8) is 0 Å². The molecule has 16 heavy (non-hydrogen) atoms. The normalized spacial score (nSPS) is 13.1. The average Bonchev–Trinajstić information content (AvgIpc) is 2.29. The van der Waals surface area contributed by atoms with Gasteiger partial charge in [-0.3, -0.25) is 0 Å². The Morgan fingerprint density at radius 1 is 1.31 bits per heavy atom. The molecular weight excluding hydrogens is 240 g/mol. The largest absolute Gasteiger partial charge is 0.400 e. The minimum absolute atomic E-state index is 0.374. The van der Waals surface area contributed by atoms with E-state index in [-0.39, 0.29) is 0 Å². The Kier molecular flexibility index (Phi) is 6.06. The van der Waals surface area contributed by atoms with Gasteiger partial charge in [0.25, 0.3) is 0 Å². The van der Waals surface area contributed by atoms with Crippen LogP contribution in [0.15, 0.2) is 24.3 Å². The van der Waals surface area contributed by atoms with Crippen LogP contribution < -0.4 is 0 Å². The highest BCUT2D eigenvalue weighted by Crippen LogP contribution is 2.26. The summed E-state index contributed by atoms with van der Waals surface area (Å²) in [6, 6.07) is 7.99. The number of rotatable bonds is 6. The molecule has 0 aliphatic heterocycles. The Bertz CT molecular complexity index is 316. The molecule has 1 atom stereocenters. The van der Waals surface area contributed by atoms with E-state index in [2.05, 4.69) is 13.0 Å². The van der Waals surface area contributed by atoms with Crippen molar-refractivity contribution in [2.45, 2.75) is 25.3 Å². The minimum Gasteiger partial charge on any atom is -0.400 e. The lowest BCUT2D eigenvalue weighted by atomic mass is 10.1. The average molecular weight is 259 g/mol. The van der Waals surface area contributed by atoms with Gasteiger partial charge in [0.15, 0.2) is 0 Å². The van der Waals surface area contributed by atoms with Crippen LogP contribution >= 0.6 is 11.6 Å². The van der Waals surface area contributed by atoms with Crippen LogP contribution in [0.3, 0.4) is 0 Å². The number of hydrogen-bond donors (Lipinski definition) is 0. The van der Waals surface area contributed by atoms with E-state index in [1.165, 1.54) is 5.56 Å². The molecule has 0 aliphatic carbocycles. The first kappa shape index (κ1) is 13.7. The van der Waals surface area contributed by atoms with Gasteiger partial charge in [0.1, 0.15) is 0 Å². The van der Waals surface area contributed by atoms with Gasteiger partial charge in [0.2, 0.25) is 0 Å². The summed E-state index contributed by atoms with van der Waals surface area (Å²) >= 11 is 6.01. The van der Waals surface area contributed by atoms with Gasteiger partial charge in [-0.25, -0.2) is 0 Å². The molecule has 4 heteroatoms. The van der Waals surface area contributed by atoms with Gasteiger partial charge in [0.05, 0.1) is 0 Å². The smallest absolute Gasteiger partial charge is 0.328 e. The van der Waals surface area contributed by atoms with E-state index in [0.717, 1.165) is 17.9 Å². The van der Waals surface area contributed by atoms with Gasteiger partial charge in [-0.05, 0) is 24.1 Å². The number of benzene rings is 1. The van der Waals surface area contributed by atoms with Gasteiger partial charge < -0.3 is 8.85 Å². The fourth-order valence-corrected chi connectivity index (χ4v) is 4.11. The molecule has 0 bridgehead atoms. The Balaban J connectivity index is 2.91. The maximum absolute atomic E-state index is 6.01. The minimum atomic E-state index is -1.63. The molecule has 0 N–H and O–H groups in total. The van der Waals surface area contributed by atoms with Gasteiger partial charge in [-0.15, -0.1) is 0 Å². The van der Waals surface area contributed by atoms with Crippen molar-refractivity contribution in [3.8, 4) is 0 Å². The predicted molar refractivity (Wildman–Crippen MR) is 70.3 cm³/mol. The standard InChI is InChI=1S/C12H19ClO2Si/c1-4-6-12(16(14-2)15-3)10-7-5-8-11(13)9-10/h5,7-9,12,16H,4,6H2,1-3H3. The zero-order valence-corrected chi connectivity index (χ0v) is 12.0. The zero-order valence-electron chi connectivity index (χ0n) is 10.1. The summed E-state index contributed by atoms with van der Waals surface area (Å²) in [5.74, 6) is 0. The van der Waals surface area contributed by atoms with E-state index in [1.54, 1.807) is 14.2 Å². The summed E-state index contributed by atoms with van der Waals surface area (Å²) in [5.41, 5.74) is 1.61. The van der Waals surface area contributed by atoms with E-state index >= 15 is 0 Å². The molecule has 0 saturated heterocycles. The van der Waals surface area contributed by atoms with Crippen LogP contribution in [-0.2, 0) is 8.85 Å². The van der Waals surface area contributed by atoms with E-state index in [0.29, 0.717) is 5.54 Å². The number of hydrogen-bond acceptors (Lipinski definition) is 2. The van der Waals surface area contributed by atoms with Gasteiger partial charge in [-0.1, -0.05) is 37.1 Å². The third kappa shape index (κ3) is 3.59. The molecular formula is C12H19ClO2Si. The van der Waals surface area contributed by atoms with E-state index in [4.69, 9.17) is 20.5 Å². The van der Waals surface area contributed by atoms with Crippen LogP contribution in [0.4, 0.5) is 0 Å². The summed E-state index contributed by atoms with van der Waals surface area (Å²) in [5, 5.41) is 0.776. The van der Waals surface area contributed by atoms with Crippen LogP contribution in [0, 0.1) is 0 Å². The van der Waals surface area contributed by atoms with Crippen molar-refractivity contribution in [2.24, 2.45) is 0 Å². The second-order valence-electron chi connectivity index (χ2n) is 3.79. The second kappa shape index (κ2) is 7.07. The fraction of sp³-hybridized carbons (Fsp3) is 0.500. The topological polar surface area (TPSA) is 18.5 Å². The quantitative estimate of drug-likeness (QED) is 0.729. The van der Waals surface area contributed by atoms with Gasteiger partial charge in [0, 0.05) is 24.8 Å². The lowest BCUT2D eigenvalue weighted by molar-refractivity contribution is 0.264. The van der Waals surface area contributed by atoms with E-state index < -0.39 is 9.28 Å². The van der Waals surface area contributed by atoms with Crippen molar-refractivity contribution < 1.29 is 8.85 Å². The first-order chi connectivity index (χ1) is 7.72. The van der Waals surface area contributed by atoms with Gasteiger partial charge in [-0.2, -0.15) is 0 Å². The first-order valence-corrected chi connectivity index (χ1v) is 7.52. The summed E-state index contributed by atoms with van der Waals surface area (Å²) < 4.78 is 11.0. The summed E-state index contributed by atoms with van der Waals surface area (Å²) in [4.78, 5) is 0. The van der Waals surface area contributed by atoms with Crippen LogP contribution in [0.25, 0.3) is 0 Å². The molecule has 1 aromatic rings. The van der Waals surface area contributed by atoms with Gasteiger partial charge >= 0.3 is 9.28 Å². The van der Waals surface area contributed by atoms with E-state index in [9.17, 15) is 0 Å². The van der Waals surface area contributed by atoms with Crippen molar-refractivity contribution in [2.75, 3.05) is 14.2 Å². The zero-order chi connectivity index (χ0) is 12.0. The summed E-state index contributed by atoms with van der Waals surface area (Å²) in [7, 11) is 1.83. The Morgan fingerprint density at radius 3 is 2.50 bits per heavy atom. The SMILES string of the molecule is CCCC(c1cccc(Cl)c1)[SiH](OC)OC. The maximum Gasteiger partial charge on any atom is 0.328 e. The van der Waals surface area contributed by atoms with Crippen LogP contribution in [-0.4, -0.2) is 23.5 Å². The second-order valence-corrected chi connectivity index (χ2v) is 6.71. The van der Waals surface area contributed by atoms with Crippen LogP contribution in [0.5, 0.6) is 0 Å². The highest BCUT2D eigenvalue weighted by Gasteiger charge is 2.25. The molecule has 0 saturated carbocycles. The molecule has 0 spiro atoms. The molecule has 1 unspecified atom stereocenters. The molecule has 0 amide bonds. The number of halogens is 1. The molecule has 0 fully saturated rings. The van der Waals surface area contributed by atoms with Crippen LogP contribution in [0.2, 0.25) is 5.02 Å². The highest BCUT2D eigenvalue weighted by atomic mass is 35.5. The van der Waals surface area contributed by atoms with Crippen LogP contribution in [0.1, 0.15) is 30.9 Å². The van der Waals surface area contributed by atoms with Crippen molar-refractivity contribution in [3.05, 3.63) is 34.9 Å². The molecule has 0 aromatic heterocycles. The Morgan fingerprint density at radius 2 is 2.00 bits per heavy atom. The van der Waals surface area contributed by atoms with Crippen molar-refractivity contribution in [1.29, 1.82) is 0 Å². The third-order valence-electron chi connectivity index (χ3n) is 2.67. The molecule has 0 heterocycles. The summed E-state index contributed by atoms with van der Waals surface area (Å²) in [6.45, 7) is 2.17. The molecule has 0 aliphatic rings. The van der Waals surface area contributed by atoms with E-state index in [1.807, 2.05) is 18.2 Å². The molecule has 1 aromatic carbocycles. The predicted octanol–water partition coefficient (Wildman–Crippen LogP) is 3.28. The first-order valence-electron chi connectivity index (χ1n) is 5.54. The molecule has 2 nitrogen and oxygen atoms in total. The molecule has 0 radical (unpaired) electrons. The highest BCUT2D eigenvalue weighted by molar-refractivity contribution is 6.46. The fourth-order valence-electron chi connectivity index (χ4n) is 1.93. The monoisotopic (exact) mass is 258 g/mol. The Hall–Kier alpha value is -0.353. The molecule has 1 rings (SSSR count). The lowest BCUT2D eigenvalue weighted by Gasteiger charge is -2.22. The van der Waals surface area contributed by atoms with Crippen molar-refractivity contribution >= 4 is 20.9 Å². The summed E-state index contributed by atoms with van der Waals surface area (Å²) in [6.07, 6.45) is 2.20. The molecule has 90 valence electrons. The maximum atomic E-state index is 6.01. The Labute approximate surface area is 104 Å². The lowest BCUT2D eigenvalue weighted by Crippen LogP contribution is -2.28. The van der Waals surface area contributed by atoms with Crippen molar-refractivity contribution in [1.82, 2.24) is 0 Å². The third-order valence-corrected chi connectivity index (χ3v) is 5.21.